The molecule has 168 valence electrons. The van der Waals surface area contributed by atoms with E-state index >= 15 is 0 Å². The normalized spacial score (nSPS) is 15.6. The average molecular weight is 444 g/mol. The number of rotatable bonds is 10. The highest BCUT2D eigenvalue weighted by atomic mass is 32.2. The Morgan fingerprint density at radius 1 is 1.10 bits per heavy atom. The third-order valence-corrected chi connectivity index (χ3v) is 6.73. The Bertz CT molecular complexity index is 823. The minimum atomic E-state index is 0.0701. The van der Waals surface area contributed by atoms with Crippen LogP contribution < -0.4 is 10.2 Å². The van der Waals surface area contributed by atoms with Gasteiger partial charge in [0, 0.05) is 61.5 Å². The largest absolute Gasteiger partial charge is 0.508 e. The molecule has 1 saturated heterocycles. The number of nitrogens with one attached hydrogen (secondary N) is 1. The summed E-state index contributed by atoms with van der Waals surface area (Å²) in [5, 5.41) is 21.9. The van der Waals surface area contributed by atoms with Crippen LogP contribution in [0.3, 0.4) is 0 Å². The molecular formula is C24H33N3O3S. The number of aliphatic hydroxyl groups is 1. The zero-order valence-electron chi connectivity index (χ0n) is 18.2. The second-order valence-electron chi connectivity index (χ2n) is 7.92. The molecule has 1 aliphatic rings. The summed E-state index contributed by atoms with van der Waals surface area (Å²) < 4.78 is 0. The first-order valence-electron chi connectivity index (χ1n) is 10.9. The fraction of sp³-hybridized carbons (Fsp3) is 0.458. The first-order valence-corrected chi connectivity index (χ1v) is 11.8. The van der Waals surface area contributed by atoms with Crippen LogP contribution in [0.2, 0.25) is 0 Å². The van der Waals surface area contributed by atoms with E-state index in [0.717, 1.165) is 49.6 Å². The summed E-state index contributed by atoms with van der Waals surface area (Å²) in [5.41, 5.74) is 2.32. The fourth-order valence-electron chi connectivity index (χ4n) is 3.76. The van der Waals surface area contributed by atoms with Gasteiger partial charge in [-0.25, -0.2) is 0 Å². The molecule has 1 heterocycles. The number of benzene rings is 2. The quantitative estimate of drug-likeness (QED) is 0.490. The lowest BCUT2D eigenvalue weighted by Crippen LogP contribution is -2.47. The molecule has 0 saturated carbocycles. The molecule has 1 unspecified atom stereocenters. The zero-order valence-corrected chi connectivity index (χ0v) is 19.0. The van der Waals surface area contributed by atoms with Gasteiger partial charge >= 0.3 is 0 Å². The number of thioether (sulfide) groups is 1. The van der Waals surface area contributed by atoms with Crippen LogP contribution in [0, 0.1) is 0 Å². The highest BCUT2D eigenvalue weighted by molar-refractivity contribution is 7.99. The van der Waals surface area contributed by atoms with E-state index < -0.39 is 0 Å². The summed E-state index contributed by atoms with van der Waals surface area (Å²) in [6.45, 7) is 7.33. The standard InChI is InChI=1S/C24H33N3O3S/c1-19(31-22-9-7-21(29)8-10-22)6-11-24(30)25-18-20-4-2-3-5-23(20)27-14-12-26(13-15-27)16-17-28/h2-5,7-10,19,28-29H,6,11-18H2,1H3,(H,25,30). The van der Waals surface area contributed by atoms with Crippen LogP contribution in [0.25, 0.3) is 0 Å². The van der Waals surface area contributed by atoms with Crippen LogP contribution in [-0.2, 0) is 11.3 Å². The molecule has 1 fully saturated rings. The Balaban J connectivity index is 1.44. The Morgan fingerprint density at radius 3 is 2.52 bits per heavy atom. The number of aliphatic hydroxyl groups excluding tert-OH is 1. The predicted octanol–water partition coefficient (Wildman–Crippen LogP) is 3.08. The Hall–Kier alpha value is -2.22. The molecule has 1 atom stereocenters. The zero-order chi connectivity index (χ0) is 22.1. The maximum absolute atomic E-state index is 12.4. The van der Waals surface area contributed by atoms with Crippen molar-refractivity contribution in [3.8, 4) is 5.75 Å². The number of aromatic hydroxyl groups is 1. The third kappa shape index (κ3) is 7.45. The van der Waals surface area contributed by atoms with E-state index in [1.165, 1.54) is 5.69 Å². The Kier molecular flexibility index (Phi) is 9.06. The molecule has 7 heteroatoms. The molecule has 1 aliphatic heterocycles. The highest BCUT2D eigenvalue weighted by Gasteiger charge is 2.19. The number of piperazine rings is 1. The molecular weight excluding hydrogens is 410 g/mol. The minimum Gasteiger partial charge on any atom is -0.508 e. The van der Waals surface area contributed by atoms with E-state index in [2.05, 4.69) is 34.2 Å². The summed E-state index contributed by atoms with van der Waals surface area (Å²) in [6.07, 6.45) is 1.29. The molecule has 1 amide bonds. The summed E-state index contributed by atoms with van der Waals surface area (Å²) in [6, 6.07) is 15.4. The van der Waals surface area contributed by atoms with Gasteiger partial charge in [-0.1, -0.05) is 25.1 Å². The lowest BCUT2D eigenvalue weighted by Gasteiger charge is -2.36. The van der Waals surface area contributed by atoms with E-state index in [1.54, 1.807) is 23.9 Å². The van der Waals surface area contributed by atoms with E-state index in [1.807, 2.05) is 24.3 Å². The molecule has 0 aromatic heterocycles. The van der Waals surface area contributed by atoms with E-state index in [4.69, 9.17) is 5.11 Å². The van der Waals surface area contributed by atoms with Gasteiger partial charge in [0.1, 0.15) is 5.75 Å². The minimum absolute atomic E-state index is 0.0701. The molecule has 3 rings (SSSR count). The van der Waals surface area contributed by atoms with Gasteiger partial charge < -0.3 is 20.4 Å². The molecule has 31 heavy (non-hydrogen) atoms. The highest BCUT2D eigenvalue weighted by Crippen LogP contribution is 2.27. The number of hydrogen-bond donors (Lipinski definition) is 3. The summed E-state index contributed by atoms with van der Waals surface area (Å²) >= 11 is 1.72. The van der Waals surface area contributed by atoms with E-state index in [-0.39, 0.29) is 18.3 Å². The van der Waals surface area contributed by atoms with Gasteiger partial charge in [-0.2, -0.15) is 0 Å². The van der Waals surface area contributed by atoms with Crippen molar-refractivity contribution in [3.63, 3.8) is 0 Å². The first-order chi connectivity index (χ1) is 15.0. The van der Waals surface area contributed by atoms with E-state index in [0.29, 0.717) is 18.2 Å². The van der Waals surface area contributed by atoms with Crippen LogP contribution in [0.4, 0.5) is 5.69 Å². The smallest absolute Gasteiger partial charge is 0.220 e. The lowest BCUT2D eigenvalue weighted by atomic mass is 10.1. The van der Waals surface area contributed by atoms with Gasteiger partial charge in [0.25, 0.3) is 0 Å². The van der Waals surface area contributed by atoms with Gasteiger partial charge in [0.2, 0.25) is 5.91 Å². The second kappa shape index (κ2) is 12.0. The molecule has 0 radical (unpaired) electrons. The van der Waals surface area contributed by atoms with Gasteiger partial charge in [0.15, 0.2) is 0 Å². The van der Waals surface area contributed by atoms with Crippen LogP contribution in [-0.4, -0.2) is 65.6 Å². The Morgan fingerprint density at radius 2 is 1.81 bits per heavy atom. The van der Waals surface area contributed by atoms with Crippen LogP contribution in [0.5, 0.6) is 5.75 Å². The third-order valence-electron chi connectivity index (χ3n) is 5.55. The molecule has 0 bridgehead atoms. The number of para-hydroxylation sites is 1. The monoisotopic (exact) mass is 443 g/mol. The molecule has 0 aliphatic carbocycles. The summed E-state index contributed by atoms with van der Waals surface area (Å²) in [4.78, 5) is 18.2. The lowest BCUT2D eigenvalue weighted by molar-refractivity contribution is -0.121. The second-order valence-corrected chi connectivity index (χ2v) is 9.43. The van der Waals surface area contributed by atoms with Gasteiger partial charge in [0.05, 0.1) is 6.61 Å². The van der Waals surface area contributed by atoms with Crippen molar-refractivity contribution in [1.29, 1.82) is 0 Å². The maximum Gasteiger partial charge on any atom is 0.220 e. The number of phenols is 1. The SMILES string of the molecule is CC(CCC(=O)NCc1ccccc1N1CCN(CCO)CC1)Sc1ccc(O)cc1. The van der Waals surface area contributed by atoms with Crippen molar-refractivity contribution in [1.82, 2.24) is 10.2 Å². The molecule has 2 aromatic rings. The van der Waals surface area contributed by atoms with Crippen molar-refractivity contribution in [2.45, 2.75) is 36.5 Å². The number of β-amino-alcohol motifs (C(OH)–C–C–N with tert-alkyl or cyclic N) is 1. The van der Waals surface area contributed by atoms with Crippen molar-refractivity contribution in [2.24, 2.45) is 0 Å². The summed E-state index contributed by atoms with van der Waals surface area (Å²) in [7, 11) is 0. The van der Waals surface area contributed by atoms with Crippen LogP contribution >= 0.6 is 11.8 Å². The first kappa shape index (κ1) is 23.4. The molecule has 6 nitrogen and oxygen atoms in total. The topological polar surface area (TPSA) is 76.0 Å². The maximum atomic E-state index is 12.4. The van der Waals surface area contributed by atoms with Crippen molar-refractivity contribution < 1.29 is 15.0 Å². The number of carbonyl (C=O) groups is 1. The number of phenolic OH excluding ortho intramolecular Hbond substituents is 1. The Labute approximate surface area is 189 Å². The number of anilines is 1. The van der Waals surface area contributed by atoms with Crippen molar-refractivity contribution >= 4 is 23.4 Å². The summed E-state index contributed by atoms with van der Waals surface area (Å²) in [5.74, 6) is 0.337. The van der Waals surface area contributed by atoms with E-state index in [9.17, 15) is 9.90 Å². The molecule has 0 spiro atoms. The number of carbonyl (C=O) groups excluding carboxylic acids is 1. The van der Waals surface area contributed by atoms with Gasteiger partial charge in [-0.3, -0.25) is 9.69 Å². The van der Waals surface area contributed by atoms with Crippen molar-refractivity contribution in [2.75, 3.05) is 44.2 Å². The van der Waals surface area contributed by atoms with Crippen LogP contribution in [0.15, 0.2) is 53.4 Å². The number of nitrogens with zero attached hydrogens (tertiary/aromatic N) is 2. The average Bonchev–Trinajstić information content (AvgIpc) is 2.79. The number of hydrogen-bond acceptors (Lipinski definition) is 6. The van der Waals surface area contributed by atoms with Gasteiger partial charge in [-0.15, -0.1) is 11.8 Å². The van der Waals surface area contributed by atoms with Crippen molar-refractivity contribution in [3.05, 3.63) is 54.1 Å². The van der Waals surface area contributed by atoms with Crippen LogP contribution in [0.1, 0.15) is 25.3 Å². The van der Waals surface area contributed by atoms with Gasteiger partial charge in [-0.05, 0) is 42.3 Å². The molecule has 2 aromatic carbocycles. The fourth-order valence-corrected chi connectivity index (χ4v) is 4.75. The number of amides is 1. The molecule has 3 N–H and O–H groups in total. The predicted molar refractivity (Wildman–Crippen MR) is 127 cm³/mol.